The van der Waals surface area contributed by atoms with Crippen molar-refractivity contribution in [3.8, 4) is 5.75 Å². The Hall–Kier alpha value is -1.23. The number of rotatable bonds is 7. The zero-order chi connectivity index (χ0) is 18.2. The lowest BCUT2D eigenvalue weighted by Crippen LogP contribution is -2.41. The molecular weight excluding hydrogens is 450 g/mol. The van der Waals surface area contributed by atoms with E-state index in [4.69, 9.17) is 4.74 Å². The molecule has 0 aromatic heterocycles. The van der Waals surface area contributed by atoms with Gasteiger partial charge in [-0.2, -0.15) is 13.2 Å². The Morgan fingerprint density at radius 1 is 1.24 bits per heavy atom. The third-order valence-electron chi connectivity index (χ3n) is 2.85. The van der Waals surface area contributed by atoms with Gasteiger partial charge in [-0.1, -0.05) is 0 Å². The summed E-state index contributed by atoms with van der Waals surface area (Å²) in [6, 6.07) is 4.53. The van der Waals surface area contributed by atoms with Crippen LogP contribution in [-0.2, 0) is 6.18 Å². The molecule has 0 amide bonds. The smallest absolute Gasteiger partial charge is 0.416 e. The molecule has 144 valence electrons. The molecule has 0 radical (unpaired) electrons. The van der Waals surface area contributed by atoms with Crippen molar-refractivity contribution in [2.24, 2.45) is 4.99 Å². The Labute approximate surface area is 163 Å². The van der Waals surface area contributed by atoms with Crippen molar-refractivity contribution < 1.29 is 23.0 Å². The second-order valence-electron chi connectivity index (χ2n) is 5.51. The molecule has 0 saturated carbocycles. The first-order valence-electron chi connectivity index (χ1n) is 7.75. The summed E-state index contributed by atoms with van der Waals surface area (Å²) in [6.45, 7) is 6.62. The van der Waals surface area contributed by atoms with E-state index in [1.807, 2.05) is 20.8 Å². The molecule has 0 heterocycles. The fourth-order valence-corrected chi connectivity index (χ4v) is 1.78. The maximum absolute atomic E-state index is 12.5. The third-order valence-corrected chi connectivity index (χ3v) is 2.85. The normalized spacial score (nSPS) is 13.2. The molecule has 0 saturated heterocycles. The Morgan fingerprint density at radius 3 is 2.32 bits per heavy atom. The lowest BCUT2D eigenvalue weighted by atomic mass is 10.2. The van der Waals surface area contributed by atoms with Crippen molar-refractivity contribution in [2.75, 3.05) is 19.7 Å². The summed E-state index contributed by atoms with van der Waals surface area (Å²) in [5, 5.41) is 16.0. The molecule has 0 spiro atoms. The maximum Gasteiger partial charge on any atom is 0.416 e. The van der Waals surface area contributed by atoms with Gasteiger partial charge in [0.2, 0.25) is 0 Å². The van der Waals surface area contributed by atoms with Crippen LogP contribution < -0.4 is 15.4 Å². The van der Waals surface area contributed by atoms with E-state index in [1.165, 1.54) is 12.1 Å². The van der Waals surface area contributed by atoms with E-state index < -0.39 is 17.8 Å². The molecule has 25 heavy (non-hydrogen) atoms. The molecule has 0 aliphatic rings. The van der Waals surface area contributed by atoms with Crippen LogP contribution in [0.4, 0.5) is 13.2 Å². The average Bonchev–Trinajstić information content (AvgIpc) is 2.50. The van der Waals surface area contributed by atoms with E-state index >= 15 is 0 Å². The second-order valence-corrected chi connectivity index (χ2v) is 5.51. The first kappa shape index (κ1) is 23.8. The molecule has 1 atom stereocenters. The highest BCUT2D eigenvalue weighted by atomic mass is 127. The highest BCUT2D eigenvalue weighted by Crippen LogP contribution is 2.30. The number of benzene rings is 1. The van der Waals surface area contributed by atoms with Crippen LogP contribution in [0, 0.1) is 0 Å². The Bertz CT molecular complexity index is 522. The van der Waals surface area contributed by atoms with E-state index in [2.05, 4.69) is 15.6 Å². The molecule has 0 bridgehead atoms. The first-order valence-corrected chi connectivity index (χ1v) is 7.75. The number of alkyl halides is 3. The van der Waals surface area contributed by atoms with E-state index in [0.29, 0.717) is 12.5 Å². The van der Waals surface area contributed by atoms with Gasteiger partial charge in [-0.05, 0) is 45.0 Å². The number of nitrogens with one attached hydrogen (secondary N) is 2. The average molecular weight is 475 g/mol. The van der Waals surface area contributed by atoms with Gasteiger partial charge < -0.3 is 20.5 Å². The first-order chi connectivity index (χ1) is 11.2. The number of aliphatic hydroxyl groups is 1. The summed E-state index contributed by atoms with van der Waals surface area (Å²) < 4.78 is 42.6. The van der Waals surface area contributed by atoms with Crippen molar-refractivity contribution in [3.63, 3.8) is 0 Å². The van der Waals surface area contributed by atoms with Crippen LogP contribution in [0.5, 0.6) is 5.75 Å². The zero-order valence-electron chi connectivity index (χ0n) is 14.4. The minimum atomic E-state index is -4.38. The van der Waals surface area contributed by atoms with E-state index in [9.17, 15) is 18.3 Å². The molecule has 1 aromatic rings. The van der Waals surface area contributed by atoms with Crippen LogP contribution >= 0.6 is 24.0 Å². The van der Waals surface area contributed by atoms with E-state index in [1.54, 1.807) is 0 Å². The quantitative estimate of drug-likeness (QED) is 0.323. The summed E-state index contributed by atoms with van der Waals surface area (Å²) in [7, 11) is 0. The van der Waals surface area contributed by atoms with Crippen molar-refractivity contribution in [3.05, 3.63) is 29.8 Å². The monoisotopic (exact) mass is 475 g/mol. The Kier molecular flexibility index (Phi) is 10.8. The minimum Gasteiger partial charge on any atom is -0.491 e. The van der Waals surface area contributed by atoms with E-state index in [0.717, 1.165) is 12.1 Å². The number of ether oxygens (including phenoxy) is 1. The summed E-state index contributed by atoms with van der Waals surface area (Å²) >= 11 is 0. The predicted octanol–water partition coefficient (Wildman–Crippen LogP) is 3.03. The van der Waals surface area contributed by atoms with Gasteiger partial charge in [-0.25, -0.2) is 0 Å². The molecule has 1 unspecified atom stereocenters. The van der Waals surface area contributed by atoms with Gasteiger partial charge in [0, 0.05) is 12.6 Å². The minimum absolute atomic E-state index is 0. The van der Waals surface area contributed by atoms with Gasteiger partial charge in [0.1, 0.15) is 18.5 Å². The third kappa shape index (κ3) is 9.73. The van der Waals surface area contributed by atoms with Crippen LogP contribution in [0.1, 0.15) is 26.3 Å². The summed E-state index contributed by atoms with van der Waals surface area (Å²) in [6.07, 6.45) is -5.24. The van der Waals surface area contributed by atoms with Gasteiger partial charge in [-0.3, -0.25) is 4.99 Å². The predicted molar refractivity (Wildman–Crippen MR) is 103 cm³/mol. The molecule has 9 heteroatoms. The number of hydrogen-bond donors (Lipinski definition) is 3. The molecule has 5 nitrogen and oxygen atoms in total. The molecule has 1 aromatic carbocycles. The number of aliphatic imine (C=N–C) groups is 1. The zero-order valence-corrected chi connectivity index (χ0v) is 16.8. The number of nitrogens with zero attached hydrogens (tertiary/aromatic N) is 1. The SMILES string of the molecule is CCNC(=NCC(O)COc1ccc(C(F)(F)F)cc1)NC(C)C.I. The Balaban J connectivity index is 0.00000576. The fraction of sp³-hybridized carbons (Fsp3) is 0.562. The standard InChI is InChI=1S/C16H24F3N3O2.HI/c1-4-20-15(22-11(2)3)21-9-13(23)10-24-14-7-5-12(6-8-14)16(17,18)19;/h5-8,11,13,23H,4,9-10H2,1-3H3,(H2,20,21,22);1H. The molecule has 0 aliphatic heterocycles. The van der Waals surface area contributed by atoms with Gasteiger partial charge in [-0.15, -0.1) is 24.0 Å². The molecule has 0 fully saturated rings. The maximum atomic E-state index is 12.5. The lowest BCUT2D eigenvalue weighted by Gasteiger charge is -2.15. The van der Waals surface area contributed by atoms with Crippen LogP contribution in [0.15, 0.2) is 29.3 Å². The lowest BCUT2D eigenvalue weighted by molar-refractivity contribution is -0.137. The van der Waals surface area contributed by atoms with Crippen LogP contribution in [0.3, 0.4) is 0 Å². The molecule has 3 N–H and O–H groups in total. The second kappa shape index (κ2) is 11.4. The Morgan fingerprint density at radius 2 is 1.84 bits per heavy atom. The fourth-order valence-electron chi connectivity index (χ4n) is 1.78. The van der Waals surface area contributed by atoms with Gasteiger partial charge in [0.25, 0.3) is 0 Å². The summed E-state index contributed by atoms with van der Waals surface area (Å²) in [5.74, 6) is 0.847. The van der Waals surface area contributed by atoms with Crippen LogP contribution in [0.2, 0.25) is 0 Å². The van der Waals surface area contributed by atoms with Gasteiger partial charge in [0.05, 0.1) is 12.1 Å². The van der Waals surface area contributed by atoms with Crippen LogP contribution in [-0.4, -0.2) is 42.9 Å². The van der Waals surface area contributed by atoms with Crippen molar-refractivity contribution >= 4 is 29.9 Å². The number of aliphatic hydroxyl groups excluding tert-OH is 1. The van der Waals surface area contributed by atoms with Gasteiger partial charge in [0.15, 0.2) is 5.96 Å². The molecule has 0 aliphatic carbocycles. The molecule has 1 rings (SSSR count). The largest absolute Gasteiger partial charge is 0.491 e. The summed E-state index contributed by atoms with van der Waals surface area (Å²) in [4.78, 5) is 4.23. The number of hydrogen-bond acceptors (Lipinski definition) is 3. The van der Waals surface area contributed by atoms with Crippen molar-refractivity contribution in [1.29, 1.82) is 0 Å². The van der Waals surface area contributed by atoms with Gasteiger partial charge >= 0.3 is 6.18 Å². The number of guanidine groups is 1. The van der Waals surface area contributed by atoms with Crippen molar-refractivity contribution in [2.45, 2.75) is 39.1 Å². The van der Waals surface area contributed by atoms with Crippen LogP contribution in [0.25, 0.3) is 0 Å². The van der Waals surface area contributed by atoms with E-state index in [-0.39, 0.29) is 48.9 Å². The van der Waals surface area contributed by atoms with Crippen molar-refractivity contribution in [1.82, 2.24) is 10.6 Å². The topological polar surface area (TPSA) is 65.9 Å². The highest BCUT2D eigenvalue weighted by Gasteiger charge is 2.30. The molecular formula is C16H25F3IN3O2. The highest BCUT2D eigenvalue weighted by molar-refractivity contribution is 14.0. The number of halogens is 4. The summed E-state index contributed by atoms with van der Waals surface area (Å²) in [5.41, 5.74) is -0.741.